The molecule has 28 heavy (non-hydrogen) atoms. The molecule has 0 saturated carbocycles. The van der Waals surface area contributed by atoms with Crippen molar-refractivity contribution in [1.82, 2.24) is 4.90 Å². The lowest BCUT2D eigenvalue weighted by atomic mass is 10.1. The molecular formula is C21H26ClN3O3. The molecule has 1 aliphatic rings. The lowest BCUT2D eigenvalue weighted by Crippen LogP contribution is -2.30. The fourth-order valence-corrected chi connectivity index (χ4v) is 3.25. The lowest BCUT2D eigenvalue weighted by Gasteiger charge is -2.25. The van der Waals surface area contributed by atoms with E-state index in [2.05, 4.69) is 5.32 Å². The number of nitrogens with one attached hydrogen (secondary N) is 1. The molecule has 3 N–H and O–H groups in total. The van der Waals surface area contributed by atoms with Crippen molar-refractivity contribution in [2.45, 2.75) is 19.4 Å². The van der Waals surface area contributed by atoms with Crippen molar-refractivity contribution in [2.24, 2.45) is 11.7 Å². The van der Waals surface area contributed by atoms with Crippen molar-refractivity contribution in [3.63, 3.8) is 0 Å². The fraction of sp³-hybridized carbons (Fsp3) is 0.333. The Morgan fingerprint density at radius 3 is 2.54 bits per heavy atom. The van der Waals surface area contributed by atoms with E-state index in [1.807, 2.05) is 37.3 Å². The van der Waals surface area contributed by atoms with Gasteiger partial charge in [0.1, 0.15) is 12.4 Å². The number of likely N-dealkylation sites (tertiary alicyclic amines) is 1. The average molecular weight is 404 g/mol. The number of nitrogens with two attached hydrogens (primary N) is 1. The van der Waals surface area contributed by atoms with E-state index < -0.39 is 0 Å². The maximum absolute atomic E-state index is 12.6. The number of halogens is 1. The molecule has 2 aromatic rings. The molecule has 0 aliphatic carbocycles. The van der Waals surface area contributed by atoms with Crippen LogP contribution in [0, 0.1) is 5.92 Å². The highest BCUT2D eigenvalue weighted by Crippen LogP contribution is 2.29. The zero-order valence-electron chi connectivity index (χ0n) is 15.8. The van der Waals surface area contributed by atoms with Crippen LogP contribution >= 0.6 is 12.4 Å². The van der Waals surface area contributed by atoms with Gasteiger partial charge >= 0.3 is 0 Å². The molecule has 2 amide bonds. The van der Waals surface area contributed by atoms with Gasteiger partial charge in [0.25, 0.3) is 0 Å². The van der Waals surface area contributed by atoms with E-state index in [1.54, 1.807) is 29.2 Å². The van der Waals surface area contributed by atoms with Crippen molar-refractivity contribution in [3.8, 4) is 5.75 Å². The summed E-state index contributed by atoms with van der Waals surface area (Å²) in [6.07, 6.45) is 0.237. The second-order valence-electron chi connectivity index (χ2n) is 6.68. The number of ether oxygens (including phenoxy) is 1. The summed E-state index contributed by atoms with van der Waals surface area (Å²) in [5.41, 5.74) is 7.16. The van der Waals surface area contributed by atoms with Crippen molar-refractivity contribution in [3.05, 3.63) is 60.2 Å². The number of hydrogen-bond donors (Lipinski definition) is 2. The van der Waals surface area contributed by atoms with Crippen molar-refractivity contribution in [2.75, 3.05) is 25.0 Å². The normalized spacial score (nSPS) is 17.0. The van der Waals surface area contributed by atoms with Gasteiger partial charge in [-0.3, -0.25) is 9.59 Å². The van der Waals surface area contributed by atoms with Crippen molar-refractivity contribution in [1.29, 1.82) is 0 Å². The standard InChI is InChI=1S/C21H25N3O3.ClH/c1-15(16-5-3-2-4-6-16)24-14-17(13-20(24)25)21(26)23-18-7-9-19(10-8-18)27-12-11-22;/h2-10,15,17H,11-14,22H2,1H3,(H,23,26);1H. The summed E-state index contributed by atoms with van der Waals surface area (Å²) in [6, 6.07) is 17.0. The number of carbonyl (C=O) groups is 2. The number of nitrogens with zero attached hydrogens (tertiary/aromatic N) is 1. The van der Waals surface area contributed by atoms with Gasteiger partial charge in [-0.15, -0.1) is 12.4 Å². The quantitative estimate of drug-likeness (QED) is 0.744. The van der Waals surface area contributed by atoms with Crippen LogP contribution in [-0.2, 0) is 9.59 Å². The molecule has 0 aromatic heterocycles. The van der Waals surface area contributed by atoms with E-state index in [9.17, 15) is 9.59 Å². The van der Waals surface area contributed by atoms with E-state index >= 15 is 0 Å². The van der Waals surface area contributed by atoms with Crippen LogP contribution < -0.4 is 15.8 Å². The Morgan fingerprint density at radius 2 is 1.89 bits per heavy atom. The molecule has 1 fully saturated rings. The fourth-order valence-electron chi connectivity index (χ4n) is 3.25. The number of anilines is 1. The van der Waals surface area contributed by atoms with Crippen LogP contribution in [0.25, 0.3) is 0 Å². The number of hydrogen-bond acceptors (Lipinski definition) is 4. The molecular weight excluding hydrogens is 378 g/mol. The smallest absolute Gasteiger partial charge is 0.229 e. The van der Waals surface area contributed by atoms with Gasteiger partial charge in [-0.05, 0) is 36.8 Å². The van der Waals surface area contributed by atoms with Crippen molar-refractivity contribution < 1.29 is 14.3 Å². The predicted octanol–water partition coefficient (Wildman–Crippen LogP) is 2.99. The molecule has 2 atom stereocenters. The van der Waals surface area contributed by atoms with Crippen LogP contribution in [0.2, 0.25) is 0 Å². The Labute approximate surface area is 171 Å². The first-order valence-electron chi connectivity index (χ1n) is 9.16. The van der Waals surface area contributed by atoms with Gasteiger partial charge in [-0.2, -0.15) is 0 Å². The third-order valence-corrected chi connectivity index (χ3v) is 4.79. The summed E-state index contributed by atoms with van der Waals surface area (Å²) in [7, 11) is 0. The van der Waals surface area contributed by atoms with E-state index in [-0.39, 0.29) is 42.6 Å². The lowest BCUT2D eigenvalue weighted by molar-refractivity contribution is -0.129. The second kappa shape index (κ2) is 10.1. The Bertz CT molecular complexity index is 783. The van der Waals surface area contributed by atoms with E-state index in [0.717, 1.165) is 5.56 Å². The monoisotopic (exact) mass is 403 g/mol. The van der Waals surface area contributed by atoms with Crippen LogP contribution in [0.1, 0.15) is 24.9 Å². The van der Waals surface area contributed by atoms with Crippen LogP contribution in [-0.4, -0.2) is 36.4 Å². The zero-order valence-corrected chi connectivity index (χ0v) is 16.7. The predicted molar refractivity (Wildman–Crippen MR) is 112 cm³/mol. The first-order valence-corrected chi connectivity index (χ1v) is 9.16. The molecule has 2 aromatic carbocycles. The molecule has 7 heteroatoms. The third kappa shape index (κ3) is 5.24. The summed E-state index contributed by atoms with van der Waals surface area (Å²) in [5, 5.41) is 2.89. The van der Waals surface area contributed by atoms with Crippen LogP contribution in [0.3, 0.4) is 0 Å². The van der Waals surface area contributed by atoms with Crippen molar-refractivity contribution >= 4 is 29.9 Å². The van der Waals surface area contributed by atoms with Gasteiger partial charge in [0.15, 0.2) is 0 Å². The van der Waals surface area contributed by atoms with E-state index in [4.69, 9.17) is 10.5 Å². The Balaban J connectivity index is 0.00000280. The van der Waals surface area contributed by atoms with E-state index in [0.29, 0.717) is 31.1 Å². The molecule has 0 bridgehead atoms. The summed E-state index contributed by atoms with van der Waals surface area (Å²) in [5.74, 6) is 0.230. The van der Waals surface area contributed by atoms with Gasteiger partial charge in [0.2, 0.25) is 11.8 Å². The molecule has 1 saturated heterocycles. The van der Waals surface area contributed by atoms with Gasteiger partial charge < -0.3 is 20.7 Å². The van der Waals surface area contributed by atoms with Gasteiger partial charge in [0.05, 0.1) is 12.0 Å². The SMILES string of the molecule is CC(c1ccccc1)N1CC(C(=O)Nc2ccc(OCCN)cc2)CC1=O.Cl. The number of benzene rings is 2. The molecule has 150 valence electrons. The second-order valence-corrected chi connectivity index (χ2v) is 6.68. The summed E-state index contributed by atoms with van der Waals surface area (Å²) < 4.78 is 5.42. The van der Waals surface area contributed by atoms with Gasteiger partial charge in [-0.25, -0.2) is 0 Å². The minimum absolute atomic E-state index is 0. The highest BCUT2D eigenvalue weighted by atomic mass is 35.5. The van der Waals surface area contributed by atoms with Gasteiger partial charge in [-0.1, -0.05) is 30.3 Å². The largest absolute Gasteiger partial charge is 0.492 e. The summed E-state index contributed by atoms with van der Waals surface area (Å²) in [4.78, 5) is 26.8. The number of amides is 2. The van der Waals surface area contributed by atoms with Crippen LogP contribution in [0.4, 0.5) is 5.69 Å². The van der Waals surface area contributed by atoms with Crippen LogP contribution in [0.15, 0.2) is 54.6 Å². The first kappa shape index (κ1) is 21.7. The minimum atomic E-state index is -0.350. The number of rotatable bonds is 7. The van der Waals surface area contributed by atoms with Gasteiger partial charge in [0, 0.05) is 25.2 Å². The Hall–Kier alpha value is -2.57. The Morgan fingerprint density at radius 1 is 1.21 bits per heavy atom. The molecule has 6 nitrogen and oxygen atoms in total. The summed E-state index contributed by atoms with van der Waals surface area (Å²) in [6.45, 7) is 3.32. The maximum atomic E-state index is 12.6. The molecule has 1 aliphatic heterocycles. The molecule has 2 unspecified atom stereocenters. The average Bonchev–Trinajstić information content (AvgIpc) is 3.09. The maximum Gasteiger partial charge on any atom is 0.229 e. The minimum Gasteiger partial charge on any atom is -0.492 e. The van der Waals surface area contributed by atoms with Crippen LogP contribution in [0.5, 0.6) is 5.75 Å². The van der Waals surface area contributed by atoms with E-state index in [1.165, 1.54) is 0 Å². The number of carbonyl (C=O) groups excluding carboxylic acids is 2. The topological polar surface area (TPSA) is 84.7 Å². The molecule has 3 rings (SSSR count). The molecule has 0 radical (unpaired) electrons. The third-order valence-electron chi connectivity index (χ3n) is 4.79. The first-order chi connectivity index (χ1) is 13.1. The zero-order chi connectivity index (χ0) is 19.2. The molecule has 1 heterocycles. The molecule has 0 spiro atoms. The summed E-state index contributed by atoms with van der Waals surface area (Å²) >= 11 is 0. The highest BCUT2D eigenvalue weighted by molar-refractivity contribution is 5.97. The Kier molecular flexibility index (Phi) is 7.84. The highest BCUT2D eigenvalue weighted by Gasteiger charge is 2.36.